The van der Waals surface area contributed by atoms with Crippen LogP contribution in [0.5, 0.6) is 0 Å². The van der Waals surface area contributed by atoms with Gasteiger partial charge in [-0.25, -0.2) is 4.79 Å². The standard InChI is InChI=1S/C16H21N5O2/c1-11-14(20-15-9-18-8-5-13(15)16(22)23)10-19-21(11)12-3-2-6-17-7-4-12/h5,8-10,12,17,20H,2-4,6-7H2,1H3,(H,22,23)/p+1. The predicted octanol–water partition coefficient (Wildman–Crippen LogP) is 0.450. The zero-order chi connectivity index (χ0) is 16.2. The summed E-state index contributed by atoms with van der Waals surface area (Å²) in [6.07, 6.45) is 8.19. The second kappa shape index (κ2) is 6.89. The largest absolute Gasteiger partial charge is 0.478 e. The summed E-state index contributed by atoms with van der Waals surface area (Å²) in [6, 6.07) is 1.96. The Morgan fingerprint density at radius 1 is 1.43 bits per heavy atom. The third-order valence-corrected chi connectivity index (χ3v) is 4.40. The number of hydrogen-bond donors (Lipinski definition) is 4. The van der Waals surface area contributed by atoms with Crippen molar-refractivity contribution in [3.05, 3.63) is 35.4 Å². The van der Waals surface area contributed by atoms with Gasteiger partial charge < -0.3 is 15.7 Å². The molecule has 23 heavy (non-hydrogen) atoms. The smallest absolute Gasteiger partial charge is 0.337 e. The van der Waals surface area contributed by atoms with Crippen LogP contribution in [-0.4, -0.2) is 41.4 Å². The van der Waals surface area contributed by atoms with Gasteiger partial charge in [0.15, 0.2) is 5.70 Å². The number of carbonyl (C=O) groups is 1. The van der Waals surface area contributed by atoms with E-state index in [2.05, 4.69) is 20.7 Å². The zero-order valence-electron chi connectivity index (χ0n) is 13.2. The number of aromatic nitrogens is 1. The maximum absolute atomic E-state index is 11.3. The molecular weight excluding hydrogens is 294 g/mol. The van der Waals surface area contributed by atoms with Crippen LogP contribution in [0.3, 0.4) is 0 Å². The summed E-state index contributed by atoms with van der Waals surface area (Å²) in [5.41, 5.74) is 2.65. The quantitative estimate of drug-likeness (QED) is 0.647. The molecule has 2 unspecified atom stereocenters. The number of nitrogens with zero attached hydrogens (tertiary/aromatic N) is 2. The van der Waals surface area contributed by atoms with E-state index in [0.717, 1.165) is 48.8 Å². The van der Waals surface area contributed by atoms with Gasteiger partial charge in [-0.3, -0.25) is 4.98 Å². The molecule has 7 nitrogen and oxygen atoms in total. The first-order chi connectivity index (χ1) is 11.2. The molecule has 0 aromatic carbocycles. The third-order valence-electron chi connectivity index (χ3n) is 4.40. The SMILES string of the molecule is CC1=C(Nc2cnccc2C(=O)O)C=N[NH+]1C1CCCNCC1. The van der Waals surface area contributed by atoms with Crippen molar-refractivity contribution in [1.82, 2.24) is 10.3 Å². The molecule has 0 amide bonds. The summed E-state index contributed by atoms with van der Waals surface area (Å²) in [4.78, 5) is 15.3. The molecule has 1 saturated heterocycles. The molecule has 0 radical (unpaired) electrons. The Balaban J connectivity index is 1.78. The zero-order valence-corrected chi connectivity index (χ0v) is 13.2. The van der Waals surface area contributed by atoms with E-state index in [1.165, 1.54) is 18.5 Å². The van der Waals surface area contributed by atoms with E-state index in [1.807, 2.05) is 6.92 Å². The van der Waals surface area contributed by atoms with Gasteiger partial charge in [0, 0.05) is 32.5 Å². The Labute approximate surface area is 135 Å². The molecule has 122 valence electrons. The van der Waals surface area contributed by atoms with Gasteiger partial charge in [0.25, 0.3) is 0 Å². The van der Waals surface area contributed by atoms with Gasteiger partial charge in [-0.2, -0.15) is 5.01 Å². The summed E-state index contributed by atoms with van der Waals surface area (Å²) in [6.45, 7) is 4.13. The van der Waals surface area contributed by atoms with Gasteiger partial charge in [-0.05, 0) is 19.0 Å². The van der Waals surface area contributed by atoms with Crippen molar-refractivity contribution in [2.24, 2.45) is 5.10 Å². The fraction of sp³-hybridized carbons (Fsp3) is 0.438. The maximum atomic E-state index is 11.3. The number of nitrogens with one attached hydrogen (secondary N) is 3. The van der Waals surface area contributed by atoms with E-state index in [4.69, 9.17) is 0 Å². The van der Waals surface area contributed by atoms with Crippen LogP contribution in [0, 0.1) is 0 Å². The molecule has 2 atom stereocenters. The fourth-order valence-electron chi connectivity index (χ4n) is 3.12. The van der Waals surface area contributed by atoms with E-state index < -0.39 is 5.97 Å². The van der Waals surface area contributed by atoms with E-state index in [-0.39, 0.29) is 5.56 Å². The molecule has 0 aliphatic carbocycles. The van der Waals surface area contributed by atoms with Crippen LogP contribution in [0.25, 0.3) is 0 Å². The summed E-state index contributed by atoms with van der Waals surface area (Å²) < 4.78 is 0. The molecule has 1 fully saturated rings. The average molecular weight is 316 g/mol. The molecule has 3 heterocycles. The number of quaternary nitrogens is 1. The van der Waals surface area contributed by atoms with Crippen LogP contribution in [0.2, 0.25) is 0 Å². The molecule has 2 aliphatic rings. The van der Waals surface area contributed by atoms with Crippen LogP contribution in [-0.2, 0) is 0 Å². The Kier molecular flexibility index (Phi) is 4.68. The van der Waals surface area contributed by atoms with E-state index in [1.54, 1.807) is 6.21 Å². The van der Waals surface area contributed by atoms with Crippen LogP contribution in [0.1, 0.15) is 36.5 Å². The molecular formula is C16H22N5O2+. The summed E-state index contributed by atoms with van der Waals surface area (Å²) in [5.74, 6) is -0.970. The third kappa shape index (κ3) is 3.40. The molecule has 2 aliphatic heterocycles. The van der Waals surface area contributed by atoms with E-state index in [0.29, 0.717) is 11.7 Å². The van der Waals surface area contributed by atoms with Crippen molar-refractivity contribution < 1.29 is 14.9 Å². The Hall–Kier alpha value is -2.25. The van der Waals surface area contributed by atoms with E-state index in [9.17, 15) is 9.90 Å². The fourth-order valence-corrected chi connectivity index (χ4v) is 3.12. The van der Waals surface area contributed by atoms with Gasteiger partial charge in [0.1, 0.15) is 18.0 Å². The average Bonchev–Trinajstić information content (AvgIpc) is 2.77. The highest BCUT2D eigenvalue weighted by molar-refractivity contribution is 5.96. The second-order valence-electron chi connectivity index (χ2n) is 5.91. The number of allylic oxidation sites excluding steroid dienone is 2. The molecule has 0 saturated carbocycles. The topological polar surface area (TPSA) is 91.0 Å². The summed E-state index contributed by atoms with van der Waals surface area (Å²) in [7, 11) is 0. The second-order valence-corrected chi connectivity index (χ2v) is 5.91. The Morgan fingerprint density at radius 2 is 2.30 bits per heavy atom. The monoisotopic (exact) mass is 316 g/mol. The molecule has 4 N–H and O–H groups in total. The lowest BCUT2D eigenvalue weighted by molar-refractivity contribution is -0.892. The highest BCUT2D eigenvalue weighted by Gasteiger charge is 2.30. The van der Waals surface area contributed by atoms with Crippen molar-refractivity contribution >= 4 is 17.9 Å². The predicted molar refractivity (Wildman–Crippen MR) is 87.5 cm³/mol. The molecule has 7 heteroatoms. The first kappa shape index (κ1) is 15.6. The normalized spacial score (nSPS) is 24.6. The minimum Gasteiger partial charge on any atom is -0.478 e. The molecule has 3 rings (SSSR count). The number of hydrogen-bond acceptors (Lipinski definition) is 5. The lowest BCUT2D eigenvalue weighted by atomic mass is 10.1. The minimum atomic E-state index is -0.970. The lowest BCUT2D eigenvalue weighted by Gasteiger charge is -2.19. The number of anilines is 1. The van der Waals surface area contributed by atoms with Gasteiger partial charge in [-0.1, -0.05) is 5.10 Å². The van der Waals surface area contributed by atoms with Gasteiger partial charge in [0.05, 0.1) is 17.4 Å². The highest BCUT2D eigenvalue weighted by Crippen LogP contribution is 2.17. The minimum absolute atomic E-state index is 0.209. The number of carboxylic acids is 1. The van der Waals surface area contributed by atoms with Crippen LogP contribution in [0.4, 0.5) is 5.69 Å². The van der Waals surface area contributed by atoms with Gasteiger partial charge in [0.2, 0.25) is 0 Å². The maximum Gasteiger partial charge on any atom is 0.337 e. The first-order valence-corrected chi connectivity index (χ1v) is 7.94. The summed E-state index contributed by atoms with van der Waals surface area (Å²) >= 11 is 0. The lowest BCUT2D eigenvalue weighted by Crippen LogP contribution is -3.08. The summed E-state index contributed by atoms with van der Waals surface area (Å²) in [5, 5.41) is 21.6. The molecule has 1 aromatic heterocycles. The van der Waals surface area contributed by atoms with Crippen molar-refractivity contribution in [2.45, 2.75) is 32.2 Å². The van der Waals surface area contributed by atoms with Crippen LogP contribution < -0.4 is 15.6 Å². The molecule has 0 bridgehead atoms. The number of rotatable bonds is 4. The van der Waals surface area contributed by atoms with Crippen LogP contribution >= 0.6 is 0 Å². The van der Waals surface area contributed by atoms with Gasteiger partial charge >= 0.3 is 5.97 Å². The number of carboxylic acid groups (broad SMARTS) is 1. The van der Waals surface area contributed by atoms with Crippen LogP contribution in [0.15, 0.2) is 35.0 Å². The first-order valence-electron chi connectivity index (χ1n) is 7.94. The van der Waals surface area contributed by atoms with Gasteiger partial charge in [-0.15, -0.1) is 0 Å². The van der Waals surface area contributed by atoms with E-state index >= 15 is 0 Å². The van der Waals surface area contributed by atoms with Crippen molar-refractivity contribution in [1.29, 1.82) is 0 Å². The molecule has 0 spiro atoms. The Bertz CT molecular complexity index is 648. The van der Waals surface area contributed by atoms with Crippen molar-refractivity contribution in [3.8, 4) is 0 Å². The van der Waals surface area contributed by atoms with Crippen molar-refractivity contribution in [2.75, 3.05) is 18.4 Å². The van der Waals surface area contributed by atoms with Crippen molar-refractivity contribution in [3.63, 3.8) is 0 Å². The molecule has 1 aromatic rings. The Morgan fingerprint density at radius 3 is 3.13 bits per heavy atom. The number of aromatic carboxylic acids is 1. The number of pyridine rings is 1. The highest BCUT2D eigenvalue weighted by atomic mass is 16.4.